The minimum Gasteiger partial charge on any atom is -0.266 e. The molecule has 9 heteroatoms. The van der Waals surface area contributed by atoms with Crippen LogP contribution in [0.1, 0.15) is 11.1 Å². The van der Waals surface area contributed by atoms with E-state index in [1.54, 1.807) is 0 Å². The molecular weight excluding hydrogens is 295 g/mol. The predicted octanol–water partition coefficient (Wildman–Crippen LogP) is 1.91. The highest BCUT2D eigenvalue weighted by molar-refractivity contribution is 7.89. The number of hydrogen-bond acceptors (Lipinski definition) is 3. The zero-order chi connectivity index (χ0) is 14.8. The van der Waals surface area contributed by atoms with Crippen molar-refractivity contribution in [1.29, 1.82) is 0 Å². The summed E-state index contributed by atoms with van der Waals surface area (Å²) in [6.45, 7) is -0.245. The van der Waals surface area contributed by atoms with Crippen molar-refractivity contribution < 1.29 is 21.6 Å². The lowest BCUT2D eigenvalue weighted by Crippen LogP contribution is -2.23. The Bertz CT molecular complexity index is 681. The van der Waals surface area contributed by atoms with Crippen molar-refractivity contribution in [3.05, 3.63) is 47.7 Å². The van der Waals surface area contributed by atoms with Crippen LogP contribution in [0.2, 0.25) is 0 Å². The van der Waals surface area contributed by atoms with Crippen LogP contribution >= 0.6 is 0 Å². The number of sulfonamides is 1. The maximum Gasteiger partial charge on any atom is 0.416 e. The third-order valence-corrected chi connectivity index (χ3v) is 3.82. The lowest BCUT2D eigenvalue weighted by Gasteiger charge is -2.09. The van der Waals surface area contributed by atoms with E-state index in [0.29, 0.717) is 0 Å². The maximum absolute atomic E-state index is 12.5. The minimum atomic E-state index is -4.46. The highest BCUT2D eigenvalue weighted by Gasteiger charge is 2.30. The molecule has 0 saturated heterocycles. The quantitative estimate of drug-likeness (QED) is 0.906. The molecule has 0 bridgehead atoms. The first-order chi connectivity index (χ1) is 9.29. The van der Waals surface area contributed by atoms with Gasteiger partial charge in [-0.05, 0) is 17.7 Å². The van der Waals surface area contributed by atoms with Crippen LogP contribution in [0, 0.1) is 0 Å². The summed E-state index contributed by atoms with van der Waals surface area (Å²) in [5.41, 5.74) is -0.612. The number of benzene rings is 1. The molecule has 108 valence electrons. The van der Waals surface area contributed by atoms with E-state index in [4.69, 9.17) is 0 Å². The molecule has 0 unspecified atom stereocenters. The molecule has 5 nitrogen and oxygen atoms in total. The summed E-state index contributed by atoms with van der Waals surface area (Å²) in [4.78, 5) is 0. The molecule has 2 N–H and O–H groups in total. The van der Waals surface area contributed by atoms with E-state index < -0.39 is 21.8 Å². The number of H-pyrrole nitrogens is 1. The van der Waals surface area contributed by atoms with Gasteiger partial charge in [0.2, 0.25) is 0 Å². The lowest BCUT2D eigenvalue weighted by atomic mass is 10.1. The Morgan fingerprint density at radius 1 is 1.25 bits per heavy atom. The zero-order valence-corrected chi connectivity index (χ0v) is 10.8. The second-order valence-corrected chi connectivity index (χ2v) is 5.68. The first-order valence-corrected chi connectivity index (χ1v) is 6.92. The molecule has 0 aliphatic rings. The minimum absolute atomic E-state index is 0.149. The van der Waals surface area contributed by atoms with Gasteiger partial charge in [-0.2, -0.15) is 18.3 Å². The first-order valence-electron chi connectivity index (χ1n) is 5.44. The Morgan fingerprint density at radius 3 is 2.60 bits per heavy atom. The molecule has 0 aliphatic heterocycles. The van der Waals surface area contributed by atoms with Crippen molar-refractivity contribution in [1.82, 2.24) is 14.9 Å². The normalized spacial score (nSPS) is 12.6. The smallest absolute Gasteiger partial charge is 0.266 e. The highest BCUT2D eigenvalue weighted by atomic mass is 32.2. The Kier molecular flexibility index (Phi) is 3.82. The largest absolute Gasteiger partial charge is 0.416 e. The summed E-state index contributed by atoms with van der Waals surface area (Å²) in [6.07, 6.45) is -3.20. The van der Waals surface area contributed by atoms with Crippen molar-refractivity contribution in [3.8, 4) is 0 Å². The Labute approximate surface area is 112 Å². The lowest BCUT2D eigenvalue weighted by molar-refractivity contribution is -0.137. The van der Waals surface area contributed by atoms with E-state index in [2.05, 4.69) is 14.9 Å². The molecule has 1 aromatic carbocycles. The van der Waals surface area contributed by atoms with Gasteiger partial charge in [-0.1, -0.05) is 18.2 Å². The van der Waals surface area contributed by atoms with Crippen LogP contribution in [-0.4, -0.2) is 18.6 Å². The average Bonchev–Trinajstić information content (AvgIpc) is 2.90. The molecule has 1 aromatic heterocycles. The number of nitrogens with zero attached hydrogens (tertiary/aromatic N) is 1. The highest BCUT2D eigenvalue weighted by Crippen LogP contribution is 2.29. The van der Waals surface area contributed by atoms with Crippen molar-refractivity contribution in [2.45, 2.75) is 17.7 Å². The second kappa shape index (κ2) is 5.25. The van der Waals surface area contributed by atoms with Crippen LogP contribution in [0.4, 0.5) is 13.2 Å². The standard InChI is InChI=1S/C11H10F3N3O2S/c12-11(13,14)9-3-1-2-8(6-9)7-16-20(18,19)10-4-5-15-17-10/h1-6,16H,7H2,(H,15,17). The van der Waals surface area contributed by atoms with Crippen molar-refractivity contribution in [2.75, 3.05) is 0 Å². The number of rotatable bonds is 4. The van der Waals surface area contributed by atoms with Crippen LogP contribution in [-0.2, 0) is 22.7 Å². The fourth-order valence-corrected chi connectivity index (χ4v) is 2.43. The van der Waals surface area contributed by atoms with Gasteiger partial charge in [0, 0.05) is 6.54 Å². The topological polar surface area (TPSA) is 74.8 Å². The second-order valence-electron chi connectivity index (χ2n) is 3.94. The predicted molar refractivity (Wildman–Crippen MR) is 64.1 cm³/mol. The molecule has 1 heterocycles. The summed E-state index contributed by atoms with van der Waals surface area (Å²) in [5.74, 6) is 0. The average molecular weight is 305 g/mol. The van der Waals surface area contributed by atoms with Crippen LogP contribution < -0.4 is 4.72 Å². The van der Waals surface area contributed by atoms with Gasteiger partial charge < -0.3 is 0 Å². The number of alkyl halides is 3. The molecule has 20 heavy (non-hydrogen) atoms. The molecule has 2 aromatic rings. The number of hydrogen-bond donors (Lipinski definition) is 2. The van der Waals surface area contributed by atoms with Crippen LogP contribution in [0.25, 0.3) is 0 Å². The van der Waals surface area contributed by atoms with Gasteiger partial charge >= 0.3 is 6.18 Å². The van der Waals surface area contributed by atoms with Gasteiger partial charge in [-0.3, -0.25) is 5.10 Å². The van der Waals surface area contributed by atoms with Gasteiger partial charge in [-0.25, -0.2) is 13.1 Å². The maximum atomic E-state index is 12.5. The molecular formula is C11H10F3N3O2S. The Hall–Kier alpha value is -1.87. The number of nitrogens with one attached hydrogen (secondary N) is 2. The number of halogens is 3. The SMILES string of the molecule is O=S(=O)(NCc1cccc(C(F)(F)F)c1)c1ccn[nH]1. The summed E-state index contributed by atoms with van der Waals surface area (Å²) in [6, 6.07) is 5.70. The van der Waals surface area contributed by atoms with Crippen LogP contribution in [0.3, 0.4) is 0 Å². The fraction of sp³-hybridized carbons (Fsp3) is 0.182. The molecule has 0 atom stereocenters. The summed E-state index contributed by atoms with van der Waals surface area (Å²) in [7, 11) is -3.81. The van der Waals surface area contributed by atoms with Gasteiger partial charge in [0.15, 0.2) is 5.03 Å². The van der Waals surface area contributed by atoms with Crippen LogP contribution in [0.15, 0.2) is 41.6 Å². The molecule has 2 rings (SSSR count). The van der Waals surface area contributed by atoms with Crippen LogP contribution in [0.5, 0.6) is 0 Å². The van der Waals surface area contributed by atoms with Gasteiger partial charge in [0.05, 0.1) is 11.8 Å². The summed E-state index contributed by atoms with van der Waals surface area (Å²) in [5, 5.41) is 5.62. The molecule has 0 aliphatic carbocycles. The molecule has 0 fully saturated rings. The third kappa shape index (κ3) is 3.36. The van der Waals surface area contributed by atoms with Crippen molar-refractivity contribution >= 4 is 10.0 Å². The fourth-order valence-electron chi connectivity index (χ4n) is 1.51. The van der Waals surface area contributed by atoms with E-state index >= 15 is 0 Å². The zero-order valence-electron chi connectivity index (χ0n) is 9.98. The van der Waals surface area contributed by atoms with Gasteiger partial charge in [0.25, 0.3) is 10.0 Å². The van der Waals surface area contributed by atoms with E-state index in [-0.39, 0.29) is 17.1 Å². The van der Waals surface area contributed by atoms with Gasteiger partial charge in [0.1, 0.15) is 0 Å². The number of aromatic amines is 1. The molecule has 0 spiro atoms. The molecule has 0 saturated carbocycles. The Morgan fingerprint density at radius 2 is 2.00 bits per heavy atom. The van der Waals surface area contributed by atoms with Crippen molar-refractivity contribution in [3.63, 3.8) is 0 Å². The van der Waals surface area contributed by atoms with E-state index in [1.165, 1.54) is 24.4 Å². The summed E-state index contributed by atoms with van der Waals surface area (Å²) < 4.78 is 63.2. The van der Waals surface area contributed by atoms with E-state index in [0.717, 1.165) is 12.1 Å². The third-order valence-electron chi connectivity index (χ3n) is 2.49. The monoisotopic (exact) mass is 305 g/mol. The molecule has 0 radical (unpaired) electrons. The van der Waals surface area contributed by atoms with Gasteiger partial charge in [-0.15, -0.1) is 0 Å². The van der Waals surface area contributed by atoms with E-state index in [9.17, 15) is 21.6 Å². The summed E-state index contributed by atoms with van der Waals surface area (Å²) >= 11 is 0. The number of aromatic nitrogens is 2. The van der Waals surface area contributed by atoms with E-state index in [1.807, 2.05) is 0 Å². The first kappa shape index (κ1) is 14.5. The van der Waals surface area contributed by atoms with Crippen molar-refractivity contribution in [2.24, 2.45) is 0 Å². The Balaban J connectivity index is 2.12. The molecule has 0 amide bonds.